The van der Waals surface area contributed by atoms with Crippen molar-refractivity contribution in [3.63, 3.8) is 0 Å². The van der Waals surface area contributed by atoms with Crippen molar-refractivity contribution in [3.8, 4) is 11.1 Å². The zero-order valence-electron chi connectivity index (χ0n) is 16.6. The first-order valence-corrected chi connectivity index (χ1v) is 12.1. The molecule has 4 aromatic rings. The summed E-state index contributed by atoms with van der Waals surface area (Å²) in [4.78, 5) is 9.45. The minimum absolute atomic E-state index is 0.313. The maximum absolute atomic E-state index is 11.6. The van der Waals surface area contributed by atoms with E-state index in [0.29, 0.717) is 4.90 Å². The summed E-state index contributed by atoms with van der Waals surface area (Å²) >= 11 is 1.59. The summed E-state index contributed by atoms with van der Waals surface area (Å²) in [5.74, 6) is 0.743. The molecule has 0 saturated heterocycles. The van der Waals surface area contributed by atoms with Crippen LogP contribution in [0.25, 0.3) is 34.3 Å². The maximum atomic E-state index is 11.6. The van der Waals surface area contributed by atoms with Crippen LogP contribution in [0.3, 0.4) is 0 Å². The number of aromatic amines is 1. The molecule has 0 unspecified atom stereocenters. The molecule has 3 aromatic carbocycles. The molecule has 30 heavy (non-hydrogen) atoms. The second kappa shape index (κ2) is 8.47. The average molecular weight is 436 g/mol. The zero-order chi connectivity index (χ0) is 21.1. The molecule has 0 aliphatic rings. The Morgan fingerprint density at radius 3 is 2.50 bits per heavy atom. The van der Waals surface area contributed by atoms with Gasteiger partial charge in [0.15, 0.2) is 9.84 Å². The second-order valence-electron chi connectivity index (χ2n) is 6.83. The Morgan fingerprint density at radius 2 is 1.77 bits per heavy atom. The molecule has 0 radical (unpaired) electrons. The van der Waals surface area contributed by atoms with Crippen molar-refractivity contribution in [2.75, 3.05) is 13.3 Å². The monoisotopic (exact) mass is 435 g/mol. The molecule has 7 heteroatoms. The lowest BCUT2D eigenvalue weighted by Gasteiger charge is -2.08. The molecule has 0 aliphatic heterocycles. The molecule has 0 fully saturated rings. The smallest absolute Gasteiger partial charge is 0.175 e. The third-order valence-electron chi connectivity index (χ3n) is 4.65. The average Bonchev–Trinajstić information content (AvgIpc) is 3.15. The summed E-state index contributed by atoms with van der Waals surface area (Å²) in [6, 6.07) is 21.3. The van der Waals surface area contributed by atoms with Crippen LogP contribution >= 0.6 is 11.9 Å². The Labute approximate surface area is 180 Å². The van der Waals surface area contributed by atoms with Gasteiger partial charge in [-0.25, -0.2) is 13.4 Å². The van der Waals surface area contributed by atoms with Gasteiger partial charge in [0, 0.05) is 11.2 Å². The Bertz CT molecular complexity index is 1320. The fourth-order valence-corrected chi connectivity index (χ4v) is 4.47. The van der Waals surface area contributed by atoms with E-state index < -0.39 is 9.84 Å². The lowest BCUT2D eigenvalue weighted by Crippen LogP contribution is -1.95. The van der Waals surface area contributed by atoms with Gasteiger partial charge < -0.3 is 4.98 Å². The number of hydrogen-bond donors (Lipinski definition) is 2. The van der Waals surface area contributed by atoms with E-state index >= 15 is 0 Å². The molecular weight excluding hydrogens is 414 g/mol. The number of aromatic nitrogens is 2. The van der Waals surface area contributed by atoms with E-state index in [1.165, 1.54) is 6.26 Å². The third-order valence-corrected chi connectivity index (χ3v) is 6.56. The molecule has 0 spiro atoms. The fourth-order valence-electron chi connectivity index (χ4n) is 3.18. The van der Waals surface area contributed by atoms with E-state index in [4.69, 9.17) is 0 Å². The SMILES string of the molecule is CNSc1ccccc1-c1ccc2nc(/C=C/c3ccc(S(C)(=O)=O)cc3)[nH]c2c1. The van der Waals surface area contributed by atoms with Gasteiger partial charge in [0.05, 0.1) is 15.9 Å². The summed E-state index contributed by atoms with van der Waals surface area (Å²) < 4.78 is 26.3. The Hall–Kier alpha value is -2.87. The van der Waals surface area contributed by atoms with E-state index in [0.717, 1.165) is 38.4 Å². The van der Waals surface area contributed by atoms with Crippen molar-refractivity contribution >= 4 is 45.0 Å². The van der Waals surface area contributed by atoms with Gasteiger partial charge in [0.1, 0.15) is 5.82 Å². The molecule has 0 bridgehead atoms. The predicted molar refractivity (Wildman–Crippen MR) is 125 cm³/mol. The van der Waals surface area contributed by atoms with Crippen LogP contribution in [-0.2, 0) is 9.84 Å². The van der Waals surface area contributed by atoms with Crippen molar-refractivity contribution in [1.82, 2.24) is 14.7 Å². The van der Waals surface area contributed by atoms with E-state index in [9.17, 15) is 8.42 Å². The van der Waals surface area contributed by atoms with Crippen LogP contribution in [0.5, 0.6) is 0 Å². The highest BCUT2D eigenvalue weighted by Crippen LogP contribution is 2.31. The van der Waals surface area contributed by atoms with Gasteiger partial charge in [-0.05, 0) is 72.1 Å². The molecule has 5 nitrogen and oxygen atoms in total. The molecule has 152 valence electrons. The van der Waals surface area contributed by atoms with Crippen LogP contribution in [0.1, 0.15) is 11.4 Å². The largest absolute Gasteiger partial charge is 0.338 e. The number of nitrogens with zero attached hydrogens (tertiary/aromatic N) is 1. The third kappa shape index (κ3) is 4.48. The van der Waals surface area contributed by atoms with Crippen molar-refractivity contribution in [3.05, 3.63) is 78.1 Å². The first-order chi connectivity index (χ1) is 14.4. The Balaban J connectivity index is 1.61. The molecule has 0 atom stereocenters. The number of H-pyrrole nitrogens is 1. The molecule has 0 aliphatic carbocycles. The van der Waals surface area contributed by atoms with Gasteiger partial charge in [0.2, 0.25) is 0 Å². The van der Waals surface area contributed by atoms with Crippen LogP contribution in [0.2, 0.25) is 0 Å². The number of rotatable bonds is 6. The number of imidazole rings is 1. The summed E-state index contributed by atoms with van der Waals surface area (Å²) in [5, 5.41) is 0. The van der Waals surface area contributed by atoms with Crippen LogP contribution in [0.4, 0.5) is 0 Å². The lowest BCUT2D eigenvalue weighted by atomic mass is 10.1. The Morgan fingerprint density at radius 1 is 1.00 bits per heavy atom. The van der Waals surface area contributed by atoms with Gasteiger partial charge in [-0.3, -0.25) is 4.72 Å². The normalized spacial score (nSPS) is 12.1. The van der Waals surface area contributed by atoms with E-state index in [1.807, 2.05) is 37.4 Å². The maximum Gasteiger partial charge on any atom is 0.175 e. The van der Waals surface area contributed by atoms with Crippen LogP contribution < -0.4 is 4.72 Å². The number of nitrogens with one attached hydrogen (secondary N) is 2. The fraction of sp³-hybridized carbons (Fsp3) is 0.0870. The molecule has 0 saturated carbocycles. The van der Waals surface area contributed by atoms with Gasteiger partial charge in [-0.1, -0.05) is 42.5 Å². The first kappa shape index (κ1) is 20.4. The van der Waals surface area contributed by atoms with Crippen molar-refractivity contribution < 1.29 is 8.42 Å². The predicted octanol–water partition coefficient (Wildman–Crippen LogP) is 5.03. The molecular formula is C23H21N3O2S2. The van der Waals surface area contributed by atoms with Gasteiger partial charge >= 0.3 is 0 Å². The number of fused-ring (bicyclic) bond motifs is 1. The highest BCUT2D eigenvalue weighted by Gasteiger charge is 2.08. The van der Waals surface area contributed by atoms with Crippen molar-refractivity contribution in [2.24, 2.45) is 0 Å². The second-order valence-corrected chi connectivity index (χ2v) is 9.90. The summed E-state index contributed by atoms with van der Waals surface area (Å²) in [7, 11) is -1.28. The van der Waals surface area contributed by atoms with Crippen LogP contribution in [-0.4, -0.2) is 31.7 Å². The van der Waals surface area contributed by atoms with Crippen LogP contribution in [0.15, 0.2) is 76.5 Å². The number of benzene rings is 3. The van der Waals surface area contributed by atoms with Gasteiger partial charge in [-0.2, -0.15) is 0 Å². The topological polar surface area (TPSA) is 74.8 Å². The molecule has 2 N–H and O–H groups in total. The highest BCUT2D eigenvalue weighted by atomic mass is 32.2. The molecule has 1 heterocycles. The molecule has 0 amide bonds. The minimum Gasteiger partial charge on any atom is -0.338 e. The highest BCUT2D eigenvalue weighted by molar-refractivity contribution is 7.97. The van der Waals surface area contributed by atoms with Crippen molar-refractivity contribution in [1.29, 1.82) is 0 Å². The van der Waals surface area contributed by atoms with Crippen molar-refractivity contribution in [2.45, 2.75) is 9.79 Å². The van der Waals surface area contributed by atoms with E-state index in [-0.39, 0.29) is 0 Å². The lowest BCUT2D eigenvalue weighted by molar-refractivity contribution is 0.602. The molecule has 1 aromatic heterocycles. The van der Waals surface area contributed by atoms with E-state index in [1.54, 1.807) is 36.2 Å². The molecule has 4 rings (SSSR count). The first-order valence-electron chi connectivity index (χ1n) is 9.35. The Kier molecular flexibility index (Phi) is 5.76. The number of sulfone groups is 1. The zero-order valence-corrected chi connectivity index (χ0v) is 18.2. The number of hydrogen-bond acceptors (Lipinski definition) is 5. The quantitative estimate of drug-likeness (QED) is 0.416. The summed E-state index contributed by atoms with van der Waals surface area (Å²) in [6.07, 6.45) is 5.00. The van der Waals surface area contributed by atoms with E-state index in [2.05, 4.69) is 39.0 Å². The van der Waals surface area contributed by atoms with Crippen LogP contribution in [0, 0.1) is 0 Å². The van der Waals surface area contributed by atoms with Gasteiger partial charge in [0.25, 0.3) is 0 Å². The summed E-state index contributed by atoms with van der Waals surface area (Å²) in [5.41, 5.74) is 5.04. The standard InChI is InChI=1S/C23H21N3O2S2/c1-24-29-22-6-4-3-5-19(22)17-10-13-20-21(15-17)26-23(25-20)14-9-16-7-11-18(12-8-16)30(2,27)28/h3-15,24H,1-2H3,(H,25,26)/b14-9+. The summed E-state index contributed by atoms with van der Waals surface area (Å²) in [6.45, 7) is 0. The van der Waals surface area contributed by atoms with Gasteiger partial charge in [-0.15, -0.1) is 0 Å². The minimum atomic E-state index is -3.19.